The van der Waals surface area contributed by atoms with Gasteiger partial charge in [-0.2, -0.15) is 0 Å². The number of rotatable bonds is 3. The van der Waals surface area contributed by atoms with Gasteiger partial charge in [-0.1, -0.05) is 6.08 Å². The van der Waals surface area contributed by atoms with Crippen LogP contribution in [0.2, 0.25) is 0 Å². The summed E-state index contributed by atoms with van der Waals surface area (Å²) >= 11 is 5.23. The molecular weight excluding hydrogens is 206 g/mol. The fourth-order valence-corrected chi connectivity index (χ4v) is 2.75. The first-order valence-electron chi connectivity index (χ1n) is 5.67. The molecule has 1 atom stereocenters. The lowest BCUT2D eigenvalue weighted by Crippen LogP contribution is -2.58. The average molecular weight is 225 g/mol. The third-order valence-electron chi connectivity index (χ3n) is 3.38. The van der Waals surface area contributed by atoms with Crippen LogP contribution in [-0.4, -0.2) is 42.2 Å². The van der Waals surface area contributed by atoms with E-state index < -0.39 is 0 Å². The quantitative estimate of drug-likeness (QED) is 0.547. The molecule has 0 aromatic carbocycles. The molecule has 15 heavy (non-hydrogen) atoms. The molecule has 0 radical (unpaired) electrons. The van der Waals surface area contributed by atoms with Crippen LogP contribution in [0.25, 0.3) is 0 Å². The van der Waals surface area contributed by atoms with Crippen LogP contribution in [0.5, 0.6) is 0 Å². The van der Waals surface area contributed by atoms with Gasteiger partial charge in [0.2, 0.25) is 0 Å². The van der Waals surface area contributed by atoms with Gasteiger partial charge in [-0.25, -0.2) is 0 Å². The molecule has 1 unspecified atom stereocenters. The minimum atomic E-state index is 0.553. The van der Waals surface area contributed by atoms with Gasteiger partial charge in [0.1, 0.15) is 0 Å². The molecule has 2 N–H and O–H groups in total. The zero-order chi connectivity index (χ0) is 10.7. The highest BCUT2D eigenvalue weighted by molar-refractivity contribution is 7.80. The predicted molar refractivity (Wildman–Crippen MR) is 66.9 cm³/mol. The second kappa shape index (κ2) is 4.94. The molecule has 0 saturated carbocycles. The van der Waals surface area contributed by atoms with Gasteiger partial charge in [-0.3, -0.25) is 0 Å². The van der Waals surface area contributed by atoms with Gasteiger partial charge in [-0.05, 0) is 44.1 Å². The minimum Gasteiger partial charge on any atom is -0.359 e. The van der Waals surface area contributed by atoms with E-state index in [1.807, 2.05) is 6.08 Å². The smallest absolute Gasteiger partial charge is 0.166 e. The molecule has 2 bridgehead atoms. The van der Waals surface area contributed by atoms with Gasteiger partial charge >= 0.3 is 0 Å². The van der Waals surface area contributed by atoms with Gasteiger partial charge in [0, 0.05) is 19.1 Å². The van der Waals surface area contributed by atoms with Crippen LogP contribution in [0.4, 0.5) is 0 Å². The summed E-state index contributed by atoms with van der Waals surface area (Å²) in [6, 6.07) is 0.553. The van der Waals surface area contributed by atoms with Gasteiger partial charge in [0.05, 0.1) is 0 Å². The molecule has 3 aliphatic rings. The van der Waals surface area contributed by atoms with E-state index in [0.29, 0.717) is 6.04 Å². The van der Waals surface area contributed by atoms with Crippen molar-refractivity contribution in [3.63, 3.8) is 0 Å². The van der Waals surface area contributed by atoms with Gasteiger partial charge in [-0.15, -0.1) is 6.58 Å². The number of piperidine rings is 3. The first-order valence-corrected chi connectivity index (χ1v) is 6.08. The van der Waals surface area contributed by atoms with E-state index in [4.69, 9.17) is 12.2 Å². The number of nitrogens with zero attached hydrogens (tertiary/aromatic N) is 1. The summed E-state index contributed by atoms with van der Waals surface area (Å²) in [5.74, 6) is 0.818. The standard InChI is InChI=1S/C11H19N3S/c1-2-5-12-11(15)13-10-8-14-6-3-9(10)4-7-14/h2,9-10H,1,3-8H2,(H2,12,13,15). The molecule has 0 aromatic rings. The Hall–Kier alpha value is -0.610. The Kier molecular flexibility index (Phi) is 3.59. The second-order valence-corrected chi connectivity index (χ2v) is 4.80. The maximum atomic E-state index is 5.23. The molecule has 3 saturated heterocycles. The minimum absolute atomic E-state index is 0.553. The Bertz CT molecular complexity index is 246. The Balaban J connectivity index is 1.79. The molecule has 3 heterocycles. The Morgan fingerprint density at radius 3 is 2.73 bits per heavy atom. The van der Waals surface area contributed by atoms with Gasteiger partial charge < -0.3 is 15.5 Å². The molecule has 4 heteroatoms. The highest BCUT2D eigenvalue weighted by Crippen LogP contribution is 2.27. The van der Waals surface area contributed by atoms with Crippen molar-refractivity contribution in [2.75, 3.05) is 26.2 Å². The van der Waals surface area contributed by atoms with Crippen LogP contribution in [0.3, 0.4) is 0 Å². The molecule has 3 aliphatic heterocycles. The van der Waals surface area contributed by atoms with Crippen LogP contribution >= 0.6 is 12.2 Å². The molecule has 0 aliphatic carbocycles. The van der Waals surface area contributed by atoms with Crippen molar-refractivity contribution >= 4 is 17.3 Å². The Morgan fingerprint density at radius 1 is 1.47 bits per heavy atom. The van der Waals surface area contributed by atoms with Crippen molar-refractivity contribution in [2.24, 2.45) is 5.92 Å². The normalized spacial score (nSPS) is 33.5. The van der Waals surface area contributed by atoms with Crippen molar-refractivity contribution < 1.29 is 0 Å². The van der Waals surface area contributed by atoms with E-state index in [2.05, 4.69) is 22.1 Å². The molecular formula is C11H19N3S. The molecule has 84 valence electrons. The highest BCUT2D eigenvalue weighted by Gasteiger charge is 2.34. The highest BCUT2D eigenvalue weighted by atomic mass is 32.1. The predicted octanol–water partition coefficient (Wildman–Crippen LogP) is 0.731. The summed E-state index contributed by atoms with van der Waals surface area (Å²) in [7, 11) is 0. The third kappa shape index (κ3) is 2.69. The Morgan fingerprint density at radius 2 is 2.20 bits per heavy atom. The van der Waals surface area contributed by atoms with Crippen molar-refractivity contribution in [2.45, 2.75) is 18.9 Å². The molecule has 0 spiro atoms. The number of nitrogens with one attached hydrogen (secondary N) is 2. The topological polar surface area (TPSA) is 27.3 Å². The van der Waals surface area contributed by atoms with Crippen molar-refractivity contribution in [3.05, 3.63) is 12.7 Å². The van der Waals surface area contributed by atoms with Crippen LogP contribution in [-0.2, 0) is 0 Å². The molecule has 0 aromatic heterocycles. The maximum Gasteiger partial charge on any atom is 0.166 e. The molecule has 3 rings (SSSR count). The first-order chi connectivity index (χ1) is 7.29. The molecule has 3 nitrogen and oxygen atoms in total. The van der Waals surface area contributed by atoms with Crippen LogP contribution in [0, 0.1) is 5.92 Å². The van der Waals surface area contributed by atoms with E-state index in [0.717, 1.165) is 24.1 Å². The third-order valence-corrected chi connectivity index (χ3v) is 3.64. The first kappa shape index (κ1) is 10.9. The molecule has 3 fully saturated rings. The van der Waals surface area contributed by atoms with E-state index in [1.54, 1.807) is 0 Å². The van der Waals surface area contributed by atoms with Gasteiger partial charge in [0.25, 0.3) is 0 Å². The number of hydrogen-bond donors (Lipinski definition) is 2. The fourth-order valence-electron chi connectivity index (χ4n) is 2.51. The Labute approximate surface area is 96.9 Å². The second-order valence-electron chi connectivity index (χ2n) is 4.39. The fraction of sp³-hybridized carbons (Fsp3) is 0.727. The summed E-state index contributed by atoms with van der Waals surface area (Å²) in [5, 5.41) is 7.31. The number of fused-ring (bicyclic) bond motifs is 3. The number of thiocarbonyl (C=S) groups is 1. The van der Waals surface area contributed by atoms with Gasteiger partial charge in [0.15, 0.2) is 5.11 Å². The van der Waals surface area contributed by atoms with E-state index in [1.165, 1.54) is 25.9 Å². The lowest BCUT2D eigenvalue weighted by Gasteiger charge is -2.45. The monoisotopic (exact) mass is 225 g/mol. The van der Waals surface area contributed by atoms with Crippen LogP contribution in [0.15, 0.2) is 12.7 Å². The zero-order valence-corrected chi connectivity index (χ0v) is 9.85. The van der Waals surface area contributed by atoms with E-state index >= 15 is 0 Å². The zero-order valence-electron chi connectivity index (χ0n) is 9.04. The van der Waals surface area contributed by atoms with Crippen LogP contribution in [0.1, 0.15) is 12.8 Å². The largest absolute Gasteiger partial charge is 0.359 e. The average Bonchev–Trinajstić information content (AvgIpc) is 2.28. The summed E-state index contributed by atoms with van der Waals surface area (Å²) in [6.45, 7) is 8.10. The van der Waals surface area contributed by atoms with E-state index in [-0.39, 0.29) is 0 Å². The maximum absolute atomic E-state index is 5.23. The van der Waals surface area contributed by atoms with E-state index in [9.17, 15) is 0 Å². The lowest BCUT2D eigenvalue weighted by atomic mass is 9.84. The number of hydrogen-bond acceptors (Lipinski definition) is 2. The summed E-state index contributed by atoms with van der Waals surface area (Å²) in [4.78, 5) is 2.52. The van der Waals surface area contributed by atoms with Crippen LogP contribution < -0.4 is 10.6 Å². The SMILES string of the molecule is C=CCNC(=S)NC1CN2CCC1CC2. The summed E-state index contributed by atoms with van der Waals surface area (Å²) in [6.07, 6.45) is 4.47. The summed E-state index contributed by atoms with van der Waals surface area (Å²) in [5.41, 5.74) is 0. The summed E-state index contributed by atoms with van der Waals surface area (Å²) < 4.78 is 0. The van der Waals surface area contributed by atoms with Crippen molar-refractivity contribution in [1.82, 2.24) is 15.5 Å². The van der Waals surface area contributed by atoms with Crippen molar-refractivity contribution in [3.8, 4) is 0 Å². The molecule has 0 amide bonds. The van der Waals surface area contributed by atoms with Crippen molar-refractivity contribution in [1.29, 1.82) is 0 Å². The lowest BCUT2D eigenvalue weighted by molar-refractivity contribution is 0.0812.